The highest BCUT2D eigenvalue weighted by Crippen LogP contribution is 2.21. The number of nitrogens with zero attached hydrogens (tertiary/aromatic N) is 3. The molecule has 1 heterocycles. The Kier molecular flexibility index (Phi) is 3.14. The van der Waals surface area contributed by atoms with Gasteiger partial charge >= 0.3 is 0 Å². The standard InChI is InChI=1S/C14H16N4O2/c1-9-13(14(19)15-10-6-7-10)16-17-18(9)11-4-3-5-12(8-11)20-2/h3-5,8,10H,6-7H2,1-2H3,(H,15,19). The summed E-state index contributed by atoms with van der Waals surface area (Å²) in [5, 5.41) is 11.0. The Morgan fingerprint density at radius 1 is 1.45 bits per heavy atom. The Bertz CT molecular complexity index is 646. The van der Waals surface area contributed by atoms with Gasteiger partial charge in [-0.2, -0.15) is 0 Å². The van der Waals surface area contributed by atoms with Gasteiger partial charge in [0.05, 0.1) is 18.5 Å². The lowest BCUT2D eigenvalue weighted by molar-refractivity contribution is 0.0945. The highest BCUT2D eigenvalue weighted by molar-refractivity contribution is 5.93. The molecule has 0 aliphatic heterocycles. The smallest absolute Gasteiger partial charge is 0.273 e. The van der Waals surface area contributed by atoms with Crippen LogP contribution < -0.4 is 10.1 Å². The van der Waals surface area contributed by atoms with Gasteiger partial charge in [0.25, 0.3) is 5.91 Å². The van der Waals surface area contributed by atoms with E-state index in [1.807, 2.05) is 31.2 Å². The molecule has 3 rings (SSSR count). The second-order valence-electron chi connectivity index (χ2n) is 4.88. The lowest BCUT2D eigenvalue weighted by atomic mass is 10.2. The van der Waals surface area contributed by atoms with Gasteiger partial charge in [-0.05, 0) is 31.9 Å². The Morgan fingerprint density at radius 3 is 2.95 bits per heavy atom. The summed E-state index contributed by atoms with van der Waals surface area (Å²) in [4.78, 5) is 12.0. The van der Waals surface area contributed by atoms with Crippen LogP contribution in [0.3, 0.4) is 0 Å². The molecule has 1 amide bonds. The Balaban J connectivity index is 1.90. The predicted molar refractivity (Wildman–Crippen MR) is 73.1 cm³/mol. The van der Waals surface area contributed by atoms with E-state index < -0.39 is 0 Å². The normalized spacial score (nSPS) is 14.1. The van der Waals surface area contributed by atoms with E-state index in [2.05, 4.69) is 15.6 Å². The van der Waals surface area contributed by atoms with Crippen LogP contribution in [0.4, 0.5) is 0 Å². The van der Waals surface area contributed by atoms with Crippen LogP contribution >= 0.6 is 0 Å². The number of hydrogen-bond acceptors (Lipinski definition) is 4. The van der Waals surface area contributed by atoms with Crippen LogP contribution in [0.15, 0.2) is 24.3 Å². The van der Waals surface area contributed by atoms with E-state index in [0.717, 1.165) is 30.0 Å². The van der Waals surface area contributed by atoms with Crippen LogP contribution in [0.5, 0.6) is 5.75 Å². The van der Waals surface area contributed by atoms with Crippen molar-refractivity contribution in [2.45, 2.75) is 25.8 Å². The minimum atomic E-state index is -0.154. The summed E-state index contributed by atoms with van der Waals surface area (Å²) in [5.41, 5.74) is 1.91. The van der Waals surface area contributed by atoms with Crippen LogP contribution in [0, 0.1) is 6.92 Å². The van der Waals surface area contributed by atoms with E-state index in [9.17, 15) is 4.79 Å². The number of rotatable bonds is 4. The van der Waals surface area contributed by atoms with Crippen molar-refractivity contribution in [3.05, 3.63) is 35.7 Å². The van der Waals surface area contributed by atoms with Crippen molar-refractivity contribution in [3.63, 3.8) is 0 Å². The van der Waals surface area contributed by atoms with E-state index in [0.29, 0.717) is 11.7 Å². The molecule has 1 aliphatic rings. The molecule has 1 aliphatic carbocycles. The molecule has 6 heteroatoms. The second-order valence-corrected chi connectivity index (χ2v) is 4.88. The first-order chi connectivity index (χ1) is 9.69. The molecule has 2 aromatic rings. The Hall–Kier alpha value is -2.37. The molecule has 0 unspecified atom stereocenters. The number of nitrogens with one attached hydrogen (secondary N) is 1. The summed E-state index contributed by atoms with van der Waals surface area (Å²) >= 11 is 0. The lowest BCUT2D eigenvalue weighted by Gasteiger charge is -2.06. The number of methoxy groups -OCH3 is 1. The molecule has 1 saturated carbocycles. The summed E-state index contributed by atoms with van der Waals surface area (Å²) in [6.07, 6.45) is 2.10. The van der Waals surface area contributed by atoms with Crippen LogP contribution in [-0.2, 0) is 0 Å². The van der Waals surface area contributed by atoms with Gasteiger partial charge < -0.3 is 10.1 Å². The molecular weight excluding hydrogens is 256 g/mol. The average Bonchev–Trinajstić information content (AvgIpc) is 3.19. The molecule has 1 aromatic carbocycles. The van der Waals surface area contributed by atoms with Crippen molar-refractivity contribution in [2.24, 2.45) is 0 Å². The van der Waals surface area contributed by atoms with Crippen LogP contribution in [0.2, 0.25) is 0 Å². The van der Waals surface area contributed by atoms with Crippen molar-refractivity contribution in [3.8, 4) is 11.4 Å². The average molecular weight is 272 g/mol. The molecule has 1 aromatic heterocycles. The molecule has 0 radical (unpaired) electrons. The van der Waals surface area contributed by atoms with Gasteiger partial charge in [-0.3, -0.25) is 4.79 Å². The van der Waals surface area contributed by atoms with Gasteiger partial charge in [0.2, 0.25) is 0 Å². The summed E-state index contributed by atoms with van der Waals surface area (Å²) in [6, 6.07) is 7.79. The maximum Gasteiger partial charge on any atom is 0.273 e. The second kappa shape index (κ2) is 4.96. The minimum Gasteiger partial charge on any atom is -0.497 e. The van der Waals surface area contributed by atoms with Crippen molar-refractivity contribution in [1.82, 2.24) is 20.3 Å². The van der Waals surface area contributed by atoms with E-state index in [1.54, 1.807) is 11.8 Å². The summed E-state index contributed by atoms with van der Waals surface area (Å²) in [6.45, 7) is 1.83. The third-order valence-corrected chi connectivity index (χ3v) is 3.32. The van der Waals surface area contributed by atoms with Crippen molar-refractivity contribution >= 4 is 5.91 Å². The highest BCUT2D eigenvalue weighted by atomic mass is 16.5. The lowest BCUT2D eigenvalue weighted by Crippen LogP contribution is -2.26. The molecule has 104 valence electrons. The molecule has 0 bridgehead atoms. The number of amides is 1. The van der Waals surface area contributed by atoms with Crippen molar-refractivity contribution in [2.75, 3.05) is 7.11 Å². The van der Waals surface area contributed by atoms with Gasteiger partial charge in [0.15, 0.2) is 5.69 Å². The fraction of sp³-hybridized carbons (Fsp3) is 0.357. The number of aromatic nitrogens is 3. The zero-order chi connectivity index (χ0) is 14.1. The summed E-state index contributed by atoms with van der Waals surface area (Å²) in [7, 11) is 1.61. The minimum absolute atomic E-state index is 0.154. The van der Waals surface area contributed by atoms with Crippen LogP contribution in [0.25, 0.3) is 5.69 Å². The molecular formula is C14H16N4O2. The summed E-state index contributed by atoms with van der Waals surface area (Å²) in [5.74, 6) is 0.584. The molecule has 0 spiro atoms. The number of carbonyl (C=O) groups is 1. The van der Waals surface area contributed by atoms with E-state index in [-0.39, 0.29) is 5.91 Å². The first-order valence-corrected chi connectivity index (χ1v) is 6.56. The number of benzene rings is 1. The van der Waals surface area contributed by atoms with Gasteiger partial charge in [-0.25, -0.2) is 4.68 Å². The maximum atomic E-state index is 12.0. The predicted octanol–water partition coefficient (Wildman–Crippen LogP) is 1.48. The van der Waals surface area contributed by atoms with Gasteiger partial charge in [-0.15, -0.1) is 5.10 Å². The van der Waals surface area contributed by atoms with E-state index >= 15 is 0 Å². The van der Waals surface area contributed by atoms with Gasteiger partial charge in [0, 0.05) is 12.1 Å². The molecule has 0 saturated heterocycles. The third-order valence-electron chi connectivity index (χ3n) is 3.32. The number of carbonyl (C=O) groups excluding carboxylic acids is 1. The fourth-order valence-corrected chi connectivity index (χ4v) is 2.01. The van der Waals surface area contributed by atoms with E-state index in [4.69, 9.17) is 4.74 Å². The monoisotopic (exact) mass is 272 g/mol. The number of hydrogen-bond donors (Lipinski definition) is 1. The van der Waals surface area contributed by atoms with Crippen LogP contribution in [0.1, 0.15) is 29.0 Å². The fourth-order valence-electron chi connectivity index (χ4n) is 2.01. The van der Waals surface area contributed by atoms with Crippen molar-refractivity contribution < 1.29 is 9.53 Å². The Labute approximate surface area is 116 Å². The van der Waals surface area contributed by atoms with Crippen molar-refractivity contribution in [1.29, 1.82) is 0 Å². The molecule has 20 heavy (non-hydrogen) atoms. The molecule has 1 N–H and O–H groups in total. The highest BCUT2D eigenvalue weighted by Gasteiger charge is 2.26. The largest absolute Gasteiger partial charge is 0.497 e. The SMILES string of the molecule is COc1cccc(-n2nnc(C(=O)NC3CC3)c2C)c1. The first-order valence-electron chi connectivity index (χ1n) is 6.56. The summed E-state index contributed by atoms with van der Waals surface area (Å²) < 4.78 is 6.83. The molecule has 0 atom stereocenters. The zero-order valence-electron chi connectivity index (χ0n) is 11.5. The first kappa shape index (κ1) is 12.7. The topological polar surface area (TPSA) is 69.0 Å². The number of ether oxygens (including phenoxy) is 1. The molecule has 1 fully saturated rings. The third kappa shape index (κ3) is 2.36. The maximum absolute atomic E-state index is 12.0. The van der Waals surface area contributed by atoms with Crippen LogP contribution in [-0.4, -0.2) is 34.1 Å². The van der Waals surface area contributed by atoms with Gasteiger partial charge in [-0.1, -0.05) is 11.3 Å². The molecule has 6 nitrogen and oxygen atoms in total. The quantitative estimate of drug-likeness (QED) is 0.915. The van der Waals surface area contributed by atoms with E-state index in [1.165, 1.54) is 0 Å². The zero-order valence-corrected chi connectivity index (χ0v) is 11.5. The Morgan fingerprint density at radius 2 is 2.25 bits per heavy atom. The van der Waals surface area contributed by atoms with Gasteiger partial charge in [0.1, 0.15) is 5.75 Å².